The van der Waals surface area contributed by atoms with Crippen molar-refractivity contribution >= 4 is 22.9 Å². The second-order valence-corrected chi connectivity index (χ2v) is 8.06. The molecule has 160 valence electrons. The Labute approximate surface area is 182 Å². The molecule has 3 nitrogen and oxygen atoms in total. The van der Waals surface area contributed by atoms with Crippen molar-refractivity contribution < 1.29 is 22.0 Å². The van der Waals surface area contributed by atoms with Gasteiger partial charge in [-0.3, -0.25) is 0 Å². The summed E-state index contributed by atoms with van der Waals surface area (Å²) in [6.07, 6.45) is -4.59. The van der Waals surface area contributed by atoms with Crippen LogP contribution in [-0.2, 0) is 13.2 Å². The molecule has 2 heterocycles. The molecule has 0 amide bonds. The predicted molar refractivity (Wildman–Crippen MR) is 110 cm³/mol. The van der Waals surface area contributed by atoms with E-state index in [1.54, 1.807) is 19.4 Å². The van der Waals surface area contributed by atoms with Gasteiger partial charge in [-0.2, -0.15) is 18.3 Å². The molecule has 0 saturated heterocycles. The minimum atomic E-state index is -4.59. The van der Waals surface area contributed by atoms with Crippen molar-refractivity contribution in [1.82, 2.24) is 14.8 Å². The molecule has 0 spiro atoms. The first-order valence-electron chi connectivity index (χ1n) is 8.89. The maximum Gasteiger partial charge on any atom is 0.416 e. The van der Waals surface area contributed by atoms with Crippen LogP contribution in [0.1, 0.15) is 11.1 Å². The first-order chi connectivity index (χ1) is 14.6. The molecule has 0 atom stereocenters. The molecule has 0 aliphatic carbocycles. The molecule has 4 aromatic rings. The van der Waals surface area contributed by atoms with Gasteiger partial charge in [0.15, 0.2) is 11.6 Å². The van der Waals surface area contributed by atoms with Crippen LogP contribution in [0.2, 0.25) is 5.02 Å². The largest absolute Gasteiger partial charge is 0.416 e. The van der Waals surface area contributed by atoms with Crippen molar-refractivity contribution in [3.8, 4) is 33.2 Å². The van der Waals surface area contributed by atoms with E-state index in [4.69, 9.17) is 11.6 Å². The average Bonchev–Trinajstić information content (AvgIpc) is 3.23. The highest BCUT2D eigenvalue weighted by Gasteiger charge is 2.32. The predicted octanol–water partition coefficient (Wildman–Crippen LogP) is 7.14. The molecule has 0 aliphatic heterocycles. The normalized spacial score (nSPS) is 11.9. The first kappa shape index (κ1) is 21.5. The summed E-state index contributed by atoms with van der Waals surface area (Å²) in [4.78, 5) is 4.72. The lowest BCUT2D eigenvalue weighted by molar-refractivity contribution is -0.137. The van der Waals surface area contributed by atoms with E-state index in [1.807, 2.05) is 0 Å². The summed E-state index contributed by atoms with van der Waals surface area (Å²) in [5.74, 6) is -0.931. The summed E-state index contributed by atoms with van der Waals surface area (Å²) < 4.78 is 69.3. The van der Waals surface area contributed by atoms with Gasteiger partial charge in [0.05, 0.1) is 16.1 Å². The van der Waals surface area contributed by atoms with E-state index in [0.29, 0.717) is 27.9 Å². The molecule has 0 aliphatic rings. The maximum atomic E-state index is 14.4. The van der Waals surface area contributed by atoms with Gasteiger partial charge in [-0.25, -0.2) is 18.4 Å². The molecule has 0 fully saturated rings. The molecule has 0 N–H and O–H groups in total. The van der Waals surface area contributed by atoms with E-state index >= 15 is 0 Å². The third-order valence-electron chi connectivity index (χ3n) is 4.77. The van der Waals surface area contributed by atoms with Gasteiger partial charge in [0, 0.05) is 28.4 Å². The minimum absolute atomic E-state index is 0.0445. The van der Waals surface area contributed by atoms with E-state index in [0.717, 1.165) is 23.5 Å². The Kier molecular flexibility index (Phi) is 5.35. The van der Waals surface area contributed by atoms with E-state index in [-0.39, 0.29) is 22.0 Å². The van der Waals surface area contributed by atoms with Crippen LogP contribution >= 0.6 is 22.9 Å². The number of aryl methyl sites for hydroxylation is 1. The summed E-state index contributed by atoms with van der Waals surface area (Å²) in [7, 11) is 1.60. The van der Waals surface area contributed by atoms with Crippen LogP contribution in [0.15, 0.2) is 41.8 Å². The Hall–Kier alpha value is -2.78. The Morgan fingerprint density at radius 1 is 1.03 bits per heavy atom. The van der Waals surface area contributed by atoms with Gasteiger partial charge in [0.25, 0.3) is 0 Å². The highest BCUT2D eigenvalue weighted by Crippen LogP contribution is 2.41. The van der Waals surface area contributed by atoms with Gasteiger partial charge in [-0.15, -0.1) is 11.3 Å². The summed E-state index contributed by atoms with van der Waals surface area (Å²) in [5, 5.41) is 6.03. The van der Waals surface area contributed by atoms with Crippen molar-refractivity contribution in [3.63, 3.8) is 0 Å². The van der Waals surface area contributed by atoms with Crippen molar-refractivity contribution in [2.24, 2.45) is 7.05 Å². The zero-order chi connectivity index (χ0) is 22.5. The molecular weight excluding hydrogens is 457 g/mol. The average molecular weight is 470 g/mol. The van der Waals surface area contributed by atoms with Crippen LogP contribution in [0.25, 0.3) is 33.2 Å². The van der Waals surface area contributed by atoms with Crippen LogP contribution < -0.4 is 0 Å². The van der Waals surface area contributed by atoms with Crippen LogP contribution in [0.3, 0.4) is 0 Å². The van der Waals surface area contributed by atoms with Gasteiger partial charge < -0.3 is 0 Å². The number of benzene rings is 2. The van der Waals surface area contributed by atoms with Gasteiger partial charge >= 0.3 is 6.18 Å². The Morgan fingerprint density at radius 2 is 1.77 bits per heavy atom. The molecule has 4 rings (SSSR count). The molecule has 2 aromatic heterocycles. The number of hydrogen-bond acceptors (Lipinski definition) is 3. The summed E-state index contributed by atoms with van der Waals surface area (Å²) >= 11 is 7.18. The number of halogens is 6. The highest BCUT2D eigenvalue weighted by atomic mass is 35.5. The van der Waals surface area contributed by atoms with Gasteiger partial charge in [-0.1, -0.05) is 17.7 Å². The smallest absolute Gasteiger partial charge is 0.248 e. The number of alkyl halides is 3. The molecule has 2 aromatic carbocycles. The molecule has 0 radical (unpaired) electrons. The summed E-state index contributed by atoms with van der Waals surface area (Å²) in [5.41, 5.74) is 0.0370. The molecule has 0 saturated carbocycles. The highest BCUT2D eigenvalue weighted by molar-refractivity contribution is 7.14. The number of hydrogen-bond donors (Lipinski definition) is 0. The lowest BCUT2D eigenvalue weighted by Crippen LogP contribution is -2.05. The second-order valence-electron chi connectivity index (χ2n) is 6.78. The third-order valence-corrected chi connectivity index (χ3v) is 6.20. The van der Waals surface area contributed by atoms with E-state index in [9.17, 15) is 22.0 Å². The van der Waals surface area contributed by atoms with E-state index in [1.165, 1.54) is 22.9 Å². The lowest BCUT2D eigenvalue weighted by atomic mass is 10.0. The van der Waals surface area contributed by atoms with Crippen LogP contribution in [-0.4, -0.2) is 14.8 Å². The Balaban J connectivity index is 1.81. The topological polar surface area (TPSA) is 30.7 Å². The van der Waals surface area contributed by atoms with Crippen LogP contribution in [0.4, 0.5) is 22.0 Å². The van der Waals surface area contributed by atoms with Crippen LogP contribution in [0.5, 0.6) is 0 Å². The van der Waals surface area contributed by atoms with Gasteiger partial charge in [0.1, 0.15) is 11.6 Å². The van der Waals surface area contributed by atoms with Crippen molar-refractivity contribution in [2.45, 2.75) is 13.1 Å². The molecular formula is C21H13ClF5N3S. The lowest BCUT2D eigenvalue weighted by Gasteiger charge is -2.10. The molecule has 10 heteroatoms. The van der Waals surface area contributed by atoms with Crippen molar-refractivity contribution in [1.29, 1.82) is 0 Å². The quantitative estimate of drug-likeness (QED) is 0.299. The summed E-state index contributed by atoms with van der Waals surface area (Å²) in [6, 6.07) is 6.51. The number of aromatic nitrogens is 3. The zero-order valence-electron chi connectivity index (χ0n) is 16.1. The SMILES string of the molecule is Cc1c(-c2nc(-c3c(F)cccc3Cl)nn2C)csc1-c1cc(C(F)(F)F)ccc1F. The second kappa shape index (κ2) is 7.72. The van der Waals surface area contributed by atoms with Crippen molar-refractivity contribution in [2.75, 3.05) is 0 Å². The standard InChI is InChI=1S/C21H13ClF5N3S/c1-10-13(9-31-18(10)12-8-11(21(25,26)27)6-7-15(12)23)20-28-19(29-30(20)2)17-14(22)4-3-5-16(17)24/h3-9H,1-2H3. The van der Waals surface area contributed by atoms with E-state index in [2.05, 4.69) is 10.1 Å². The molecule has 0 bridgehead atoms. The third kappa shape index (κ3) is 3.83. The fourth-order valence-corrected chi connectivity index (χ4v) is 4.55. The first-order valence-corrected chi connectivity index (χ1v) is 10.1. The number of nitrogens with zero attached hydrogens (tertiary/aromatic N) is 3. The Bertz CT molecular complexity index is 1270. The van der Waals surface area contributed by atoms with Crippen LogP contribution in [0, 0.1) is 18.6 Å². The number of thiophene rings is 1. The van der Waals surface area contributed by atoms with Gasteiger partial charge in [0.2, 0.25) is 0 Å². The molecule has 31 heavy (non-hydrogen) atoms. The van der Waals surface area contributed by atoms with Gasteiger partial charge in [-0.05, 0) is 42.8 Å². The van der Waals surface area contributed by atoms with Crippen molar-refractivity contribution in [3.05, 3.63) is 69.6 Å². The molecule has 0 unspecified atom stereocenters. The van der Waals surface area contributed by atoms with E-state index < -0.39 is 23.4 Å². The number of rotatable bonds is 3. The maximum absolute atomic E-state index is 14.4. The fraction of sp³-hybridized carbons (Fsp3) is 0.143. The minimum Gasteiger partial charge on any atom is -0.248 e. The summed E-state index contributed by atoms with van der Waals surface area (Å²) in [6.45, 7) is 1.66. The zero-order valence-corrected chi connectivity index (χ0v) is 17.6. The fourth-order valence-electron chi connectivity index (χ4n) is 3.21. The Morgan fingerprint density at radius 3 is 2.45 bits per heavy atom. The monoisotopic (exact) mass is 469 g/mol.